The molecule has 0 spiro atoms. The van der Waals surface area contributed by atoms with Crippen molar-refractivity contribution in [2.75, 3.05) is 5.75 Å². The maximum atomic E-state index is 11.8. The first-order chi connectivity index (χ1) is 9.34. The molecule has 1 aliphatic rings. The van der Waals surface area contributed by atoms with Crippen LogP contribution in [0.4, 0.5) is 0 Å². The second-order valence-corrected chi connectivity index (χ2v) is 6.30. The summed E-state index contributed by atoms with van der Waals surface area (Å²) in [4.78, 5) is 11.8. The summed E-state index contributed by atoms with van der Waals surface area (Å²) >= 11 is 1.84. The Bertz CT molecular complexity index is 374. The Labute approximate surface area is 120 Å². The van der Waals surface area contributed by atoms with Gasteiger partial charge in [0.1, 0.15) is 0 Å². The molecular weight excluding hydrogens is 254 g/mol. The molecule has 0 saturated heterocycles. The van der Waals surface area contributed by atoms with E-state index in [4.69, 9.17) is 0 Å². The SMILES string of the molecule is O=C(CCSCc1ccccc1)NC1CCCCC1. The van der Waals surface area contributed by atoms with Crippen molar-refractivity contribution in [3.05, 3.63) is 35.9 Å². The highest BCUT2D eigenvalue weighted by Gasteiger charge is 2.15. The number of carbonyl (C=O) groups is 1. The molecule has 0 aromatic heterocycles. The van der Waals surface area contributed by atoms with Crippen molar-refractivity contribution in [1.82, 2.24) is 5.32 Å². The zero-order valence-corrected chi connectivity index (χ0v) is 12.3. The lowest BCUT2D eigenvalue weighted by atomic mass is 9.95. The van der Waals surface area contributed by atoms with Gasteiger partial charge in [-0.05, 0) is 18.4 Å². The van der Waals surface area contributed by atoms with E-state index in [2.05, 4.69) is 29.6 Å². The van der Waals surface area contributed by atoms with Crippen molar-refractivity contribution in [2.45, 2.75) is 50.3 Å². The number of rotatable bonds is 6. The number of hydrogen-bond donors (Lipinski definition) is 1. The predicted molar refractivity (Wildman–Crippen MR) is 82.2 cm³/mol. The first-order valence-electron chi connectivity index (χ1n) is 7.25. The molecule has 0 bridgehead atoms. The summed E-state index contributed by atoms with van der Waals surface area (Å²) in [5.74, 6) is 2.14. The molecule has 2 nitrogen and oxygen atoms in total. The molecule has 1 saturated carbocycles. The zero-order valence-electron chi connectivity index (χ0n) is 11.4. The van der Waals surface area contributed by atoms with Gasteiger partial charge in [0.2, 0.25) is 5.91 Å². The average Bonchev–Trinajstić information content (AvgIpc) is 2.46. The molecule has 1 aromatic rings. The first kappa shape index (κ1) is 14.4. The van der Waals surface area contributed by atoms with Gasteiger partial charge in [-0.3, -0.25) is 4.79 Å². The lowest BCUT2D eigenvalue weighted by Crippen LogP contribution is -2.36. The minimum absolute atomic E-state index is 0.229. The number of hydrogen-bond acceptors (Lipinski definition) is 2. The van der Waals surface area contributed by atoms with Gasteiger partial charge in [-0.1, -0.05) is 49.6 Å². The lowest BCUT2D eigenvalue weighted by Gasteiger charge is -2.22. The van der Waals surface area contributed by atoms with Gasteiger partial charge in [0.25, 0.3) is 0 Å². The van der Waals surface area contributed by atoms with Crippen LogP contribution in [0.3, 0.4) is 0 Å². The number of benzene rings is 1. The molecule has 1 aromatic carbocycles. The van der Waals surface area contributed by atoms with Crippen molar-refractivity contribution in [1.29, 1.82) is 0 Å². The monoisotopic (exact) mass is 277 g/mol. The van der Waals surface area contributed by atoms with Gasteiger partial charge < -0.3 is 5.32 Å². The Morgan fingerprint density at radius 1 is 1.16 bits per heavy atom. The van der Waals surface area contributed by atoms with Gasteiger partial charge >= 0.3 is 0 Å². The normalized spacial score (nSPS) is 16.2. The zero-order chi connectivity index (χ0) is 13.3. The summed E-state index contributed by atoms with van der Waals surface area (Å²) < 4.78 is 0. The van der Waals surface area contributed by atoms with E-state index < -0.39 is 0 Å². The van der Waals surface area contributed by atoms with Crippen molar-refractivity contribution in [3.63, 3.8) is 0 Å². The summed E-state index contributed by atoms with van der Waals surface area (Å²) in [6.45, 7) is 0. The minimum atomic E-state index is 0.229. The van der Waals surface area contributed by atoms with Crippen molar-refractivity contribution in [3.8, 4) is 0 Å². The third kappa shape index (κ3) is 5.68. The Balaban J connectivity index is 1.56. The molecule has 1 aliphatic carbocycles. The molecule has 0 unspecified atom stereocenters. The van der Waals surface area contributed by atoms with E-state index in [9.17, 15) is 4.79 Å². The van der Waals surface area contributed by atoms with Crippen LogP contribution in [0.15, 0.2) is 30.3 Å². The summed E-state index contributed by atoms with van der Waals surface area (Å²) in [5.41, 5.74) is 1.33. The number of nitrogens with one attached hydrogen (secondary N) is 1. The molecule has 0 aliphatic heterocycles. The fourth-order valence-electron chi connectivity index (χ4n) is 2.48. The van der Waals surface area contributed by atoms with E-state index >= 15 is 0 Å². The molecule has 104 valence electrons. The largest absolute Gasteiger partial charge is 0.353 e. The standard InChI is InChI=1S/C16H23NOS/c18-16(17-15-9-5-2-6-10-15)11-12-19-13-14-7-3-1-4-8-14/h1,3-4,7-8,15H,2,5-6,9-13H2,(H,17,18). The van der Waals surface area contributed by atoms with Crippen LogP contribution in [0.2, 0.25) is 0 Å². The smallest absolute Gasteiger partial charge is 0.221 e. The van der Waals surface area contributed by atoms with E-state index in [0.717, 1.165) is 11.5 Å². The van der Waals surface area contributed by atoms with Crippen LogP contribution in [0, 0.1) is 0 Å². The van der Waals surface area contributed by atoms with Gasteiger partial charge in [0, 0.05) is 24.0 Å². The number of carbonyl (C=O) groups excluding carboxylic acids is 1. The summed E-state index contributed by atoms with van der Waals surface area (Å²) in [6, 6.07) is 10.9. The summed E-state index contributed by atoms with van der Waals surface area (Å²) in [5, 5.41) is 3.17. The molecule has 3 heteroatoms. The van der Waals surface area contributed by atoms with Crippen molar-refractivity contribution < 1.29 is 4.79 Å². The maximum absolute atomic E-state index is 11.8. The molecular formula is C16H23NOS. The molecule has 0 atom stereocenters. The number of thioether (sulfide) groups is 1. The Morgan fingerprint density at radius 2 is 1.89 bits per heavy atom. The second-order valence-electron chi connectivity index (χ2n) is 5.19. The highest BCUT2D eigenvalue weighted by atomic mass is 32.2. The van der Waals surface area contributed by atoms with Crippen molar-refractivity contribution >= 4 is 17.7 Å². The Kier molecular flexibility index (Phi) is 6.28. The van der Waals surface area contributed by atoms with Gasteiger partial charge in [0.15, 0.2) is 0 Å². The van der Waals surface area contributed by atoms with Crippen LogP contribution in [-0.4, -0.2) is 17.7 Å². The van der Waals surface area contributed by atoms with Gasteiger partial charge in [0.05, 0.1) is 0 Å². The average molecular weight is 277 g/mol. The van der Waals surface area contributed by atoms with Gasteiger partial charge in [-0.15, -0.1) is 0 Å². The van der Waals surface area contributed by atoms with Crippen molar-refractivity contribution in [2.24, 2.45) is 0 Å². The van der Waals surface area contributed by atoms with Crippen LogP contribution in [0.5, 0.6) is 0 Å². The number of amides is 1. The van der Waals surface area contributed by atoms with Crippen LogP contribution in [0.25, 0.3) is 0 Å². The highest BCUT2D eigenvalue weighted by Crippen LogP contribution is 2.18. The maximum Gasteiger partial charge on any atom is 0.221 e. The first-order valence-corrected chi connectivity index (χ1v) is 8.41. The highest BCUT2D eigenvalue weighted by molar-refractivity contribution is 7.98. The molecule has 0 heterocycles. The second kappa shape index (κ2) is 8.26. The van der Waals surface area contributed by atoms with E-state index in [1.54, 1.807) is 0 Å². The molecule has 2 rings (SSSR count). The Hall–Kier alpha value is -0.960. The molecule has 19 heavy (non-hydrogen) atoms. The lowest BCUT2D eigenvalue weighted by molar-refractivity contribution is -0.121. The molecule has 0 radical (unpaired) electrons. The van der Waals surface area contributed by atoms with Crippen LogP contribution in [-0.2, 0) is 10.5 Å². The predicted octanol–water partition coefficient (Wildman–Crippen LogP) is 3.76. The summed E-state index contributed by atoms with van der Waals surface area (Å²) in [7, 11) is 0. The van der Waals surface area contributed by atoms with E-state index in [1.165, 1.54) is 37.7 Å². The van der Waals surface area contributed by atoms with E-state index in [-0.39, 0.29) is 5.91 Å². The van der Waals surface area contributed by atoms with Crippen LogP contribution in [0.1, 0.15) is 44.1 Å². The summed E-state index contributed by atoms with van der Waals surface area (Å²) in [6.07, 6.45) is 6.86. The van der Waals surface area contributed by atoms with Gasteiger partial charge in [-0.2, -0.15) is 11.8 Å². The third-order valence-corrected chi connectivity index (χ3v) is 4.59. The third-order valence-electron chi connectivity index (χ3n) is 3.56. The topological polar surface area (TPSA) is 29.1 Å². The minimum Gasteiger partial charge on any atom is -0.353 e. The van der Waals surface area contributed by atoms with E-state index in [1.807, 2.05) is 17.8 Å². The van der Waals surface area contributed by atoms with Crippen LogP contribution < -0.4 is 5.32 Å². The quantitative estimate of drug-likeness (QED) is 0.802. The molecule has 1 amide bonds. The fourth-order valence-corrected chi connectivity index (χ4v) is 3.38. The van der Waals surface area contributed by atoms with Gasteiger partial charge in [-0.25, -0.2) is 0 Å². The van der Waals surface area contributed by atoms with Crippen LogP contribution >= 0.6 is 11.8 Å². The molecule has 1 fully saturated rings. The fraction of sp³-hybridized carbons (Fsp3) is 0.562. The molecule has 1 N–H and O–H groups in total. The van der Waals surface area contributed by atoms with E-state index in [0.29, 0.717) is 12.5 Å². The Morgan fingerprint density at radius 3 is 2.63 bits per heavy atom.